The molecule has 1 N–H and O–H groups in total. The second kappa shape index (κ2) is 5.75. The van der Waals surface area contributed by atoms with Gasteiger partial charge in [0.25, 0.3) is 0 Å². The number of ether oxygens (including phenoxy) is 1. The van der Waals surface area contributed by atoms with Gasteiger partial charge in [0.2, 0.25) is 0 Å². The second-order valence-electron chi connectivity index (χ2n) is 5.33. The zero-order valence-electron chi connectivity index (χ0n) is 11.8. The lowest BCUT2D eigenvalue weighted by Crippen LogP contribution is -2.48. The normalized spacial score (nSPS) is 24.6. The van der Waals surface area contributed by atoms with Gasteiger partial charge in [-0.1, -0.05) is 6.92 Å². The number of carbonyl (C=O) groups excluding carboxylic acids is 1. The monoisotopic (exact) mass is 280 g/mol. The summed E-state index contributed by atoms with van der Waals surface area (Å²) in [4.78, 5) is 23.6. The molecule has 110 valence electrons. The number of ketones is 1. The van der Waals surface area contributed by atoms with Crippen LogP contribution >= 0.6 is 0 Å². The highest BCUT2D eigenvalue weighted by Gasteiger charge is 2.48. The Morgan fingerprint density at radius 3 is 3.00 bits per heavy atom. The first-order valence-corrected chi connectivity index (χ1v) is 6.88. The summed E-state index contributed by atoms with van der Waals surface area (Å²) in [7, 11) is 0. The van der Waals surface area contributed by atoms with Gasteiger partial charge in [0.1, 0.15) is 0 Å². The van der Waals surface area contributed by atoms with E-state index in [0.717, 1.165) is 6.42 Å². The van der Waals surface area contributed by atoms with E-state index in [-0.39, 0.29) is 31.3 Å². The van der Waals surface area contributed by atoms with Gasteiger partial charge in [-0.2, -0.15) is 5.10 Å². The third-order valence-electron chi connectivity index (χ3n) is 3.95. The van der Waals surface area contributed by atoms with Crippen LogP contribution in [0.25, 0.3) is 0 Å². The predicted molar refractivity (Wildman–Crippen MR) is 71.4 cm³/mol. The lowest BCUT2D eigenvalue weighted by molar-refractivity contribution is -0.164. The number of aliphatic carboxylic acids is 1. The number of nitrogens with zero attached hydrogens (tertiary/aromatic N) is 2. The lowest BCUT2D eigenvalue weighted by Gasteiger charge is -2.30. The molecule has 0 bridgehead atoms. The molecule has 2 atom stereocenters. The van der Waals surface area contributed by atoms with Crippen LogP contribution in [0.5, 0.6) is 0 Å². The quantitative estimate of drug-likeness (QED) is 0.826. The van der Waals surface area contributed by atoms with E-state index in [1.54, 1.807) is 10.7 Å². The molecule has 2 heterocycles. The number of carboxylic acids is 1. The summed E-state index contributed by atoms with van der Waals surface area (Å²) in [6.07, 6.45) is 3.00. The minimum Gasteiger partial charge on any atom is -0.480 e. The Labute approximate surface area is 117 Å². The van der Waals surface area contributed by atoms with Gasteiger partial charge in [-0.15, -0.1) is 0 Å². The van der Waals surface area contributed by atoms with E-state index in [1.807, 2.05) is 13.1 Å². The molecule has 0 aromatic carbocycles. The third kappa shape index (κ3) is 2.60. The molecular weight excluding hydrogens is 260 g/mol. The van der Waals surface area contributed by atoms with Gasteiger partial charge in [-0.3, -0.25) is 14.3 Å². The van der Waals surface area contributed by atoms with Crippen molar-refractivity contribution < 1.29 is 19.4 Å². The molecule has 1 aliphatic rings. The number of aromatic nitrogens is 2. The highest BCUT2D eigenvalue weighted by Crippen LogP contribution is 2.30. The molecule has 20 heavy (non-hydrogen) atoms. The van der Waals surface area contributed by atoms with Crippen molar-refractivity contribution in [2.75, 3.05) is 13.2 Å². The predicted octanol–water partition coefficient (Wildman–Crippen LogP) is 1.46. The Bertz CT molecular complexity index is 511. The van der Waals surface area contributed by atoms with Gasteiger partial charge in [0.15, 0.2) is 11.2 Å². The van der Waals surface area contributed by atoms with Crippen LogP contribution in [0, 0.1) is 5.41 Å². The summed E-state index contributed by atoms with van der Waals surface area (Å²) >= 11 is 0. The molecular formula is C14H20N2O4. The fraction of sp³-hybridized carbons (Fsp3) is 0.643. The smallest absolute Gasteiger partial charge is 0.319 e. The van der Waals surface area contributed by atoms with Crippen LogP contribution in [0.4, 0.5) is 0 Å². The maximum Gasteiger partial charge on any atom is 0.319 e. The van der Waals surface area contributed by atoms with Crippen molar-refractivity contribution in [1.29, 1.82) is 0 Å². The Kier molecular flexibility index (Phi) is 4.23. The summed E-state index contributed by atoms with van der Waals surface area (Å²) < 4.78 is 7.03. The van der Waals surface area contributed by atoms with Gasteiger partial charge in [0, 0.05) is 25.1 Å². The summed E-state index contributed by atoms with van der Waals surface area (Å²) in [6.45, 7) is 4.33. The summed E-state index contributed by atoms with van der Waals surface area (Å²) in [5, 5.41) is 13.8. The molecule has 1 aromatic rings. The number of rotatable bonds is 5. The van der Waals surface area contributed by atoms with Crippen LogP contribution in [0.2, 0.25) is 0 Å². The van der Waals surface area contributed by atoms with Gasteiger partial charge < -0.3 is 9.84 Å². The highest BCUT2D eigenvalue weighted by atomic mass is 16.5. The van der Waals surface area contributed by atoms with Crippen molar-refractivity contribution in [3.63, 3.8) is 0 Å². The van der Waals surface area contributed by atoms with Crippen LogP contribution in [0.1, 0.15) is 38.4 Å². The van der Waals surface area contributed by atoms with E-state index in [9.17, 15) is 14.7 Å². The molecule has 0 amide bonds. The van der Waals surface area contributed by atoms with Crippen LogP contribution in [0.15, 0.2) is 12.3 Å². The number of carbonyl (C=O) groups is 2. The minimum atomic E-state index is -1.48. The van der Waals surface area contributed by atoms with Crippen molar-refractivity contribution in [2.24, 2.45) is 5.41 Å². The minimum absolute atomic E-state index is 0.0721. The lowest BCUT2D eigenvalue weighted by atomic mass is 9.77. The molecule has 1 aromatic heterocycles. The molecule has 0 saturated carbocycles. The van der Waals surface area contributed by atoms with E-state index in [1.165, 1.54) is 0 Å². The van der Waals surface area contributed by atoms with E-state index >= 15 is 0 Å². The number of hydrogen-bond donors (Lipinski definition) is 1. The molecule has 2 unspecified atom stereocenters. The number of hydrogen-bond acceptors (Lipinski definition) is 4. The molecule has 1 aliphatic heterocycles. The van der Waals surface area contributed by atoms with Crippen molar-refractivity contribution in [3.8, 4) is 0 Å². The van der Waals surface area contributed by atoms with Crippen molar-refractivity contribution in [1.82, 2.24) is 9.78 Å². The van der Waals surface area contributed by atoms with Gasteiger partial charge >= 0.3 is 5.97 Å². The van der Waals surface area contributed by atoms with E-state index in [4.69, 9.17) is 4.74 Å². The summed E-state index contributed by atoms with van der Waals surface area (Å²) in [6, 6.07) is 2.03. The number of carboxylic acid groups (broad SMARTS) is 1. The Balaban J connectivity index is 2.22. The Hall–Kier alpha value is -1.69. The van der Waals surface area contributed by atoms with Gasteiger partial charge in [-0.25, -0.2) is 0 Å². The molecule has 1 saturated heterocycles. The topological polar surface area (TPSA) is 81.4 Å². The molecule has 0 aliphatic carbocycles. The Morgan fingerprint density at radius 2 is 2.40 bits per heavy atom. The van der Waals surface area contributed by atoms with E-state index in [0.29, 0.717) is 12.3 Å². The largest absolute Gasteiger partial charge is 0.480 e. The molecule has 6 heteroatoms. The number of Topliss-reactive ketones (excluding diaryl/α,β-unsaturated/α-hetero) is 1. The van der Waals surface area contributed by atoms with Crippen LogP contribution in [0.3, 0.4) is 0 Å². The highest BCUT2D eigenvalue weighted by molar-refractivity contribution is 6.04. The van der Waals surface area contributed by atoms with Crippen molar-refractivity contribution in [2.45, 2.75) is 39.2 Å². The fourth-order valence-electron chi connectivity index (χ4n) is 2.35. The van der Waals surface area contributed by atoms with Crippen molar-refractivity contribution >= 4 is 11.8 Å². The molecule has 6 nitrogen and oxygen atoms in total. The average molecular weight is 280 g/mol. The molecule has 0 radical (unpaired) electrons. The van der Waals surface area contributed by atoms with Gasteiger partial charge in [-0.05, 0) is 19.4 Å². The maximum absolute atomic E-state index is 12.1. The Morgan fingerprint density at radius 1 is 1.65 bits per heavy atom. The van der Waals surface area contributed by atoms with E-state index < -0.39 is 11.4 Å². The zero-order chi connectivity index (χ0) is 14.8. The maximum atomic E-state index is 12.1. The van der Waals surface area contributed by atoms with E-state index in [2.05, 4.69) is 12.0 Å². The summed E-state index contributed by atoms with van der Waals surface area (Å²) in [5.41, 5.74) is -0.862. The van der Waals surface area contributed by atoms with Crippen LogP contribution < -0.4 is 0 Å². The summed E-state index contributed by atoms with van der Waals surface area (Å²) in [5.74, 6) is -1.39. The standard InChI is InChI=1S/C14H20N2O4/c1-3-10(2)16-6-4-11(15-16)8-14(13(18)19)9-20-7-5-12(14)17/h4,6,10H,3,5,7-9H2,1-2H3,(H,18,19). The fourth-order valence-corrected chi connectivity index (χ4v) is 2.35. The molecule has 0 spiro atoms. The van der Waals surface area contributed by atoms with Crippen LogP contribution in [-0.2, 0) is 20.7 Å². The second-order valence-corrected chi connectivity index (χ2v) is 5.33. The first-order chi connectivity index (χ1) is 9.49. The van der Waals surface area contributed by atoms with Crippen molar-refractivity contribution in [3.05, 3.63) is 18.0 Å². The van der Waals surface area contributed by atoms with Gasteiger partial charge in [0.05, 0.1) is 18.9 Å². The first-order valence-electron chi connectivity index (χ1n) is 6.88. The third-order valence-corrected chi connectivity index (χ3v) is 3.95. The SMILES string of the molecule is CCC(C)n1ccc(CC2(C(=O)O)COCCC2=O)n1. The average Bonchev–Trinajstić information content (AvgIpc) is 2.88. The zero-order valence-corrected chi connectivity index (χ0v) is 11.8. The van der Waals surface area contributed by atoms with Crippen LogP contribution in [-0.4, -0.2) is 39.9 Å². The molecule has 1 fully saturated rings. The first kappa shape index (κ1) is 14.7. The molecule has 2 rings (SSSR count).